The average Bonchev–Trinajstić information content (AvgIpc) is 2.24. The van der Waals surface area contributed by atoms with E-state index in [1.165, 1.54) is 5.56 Å². The number of aromatic nitrogens is 2. The zero-order chi connectivity index (χ0) is 9.30. The smallest absolute Gasteiger partial charge is 0.0631 e. The van der Waals surface area contributed by atoms with Crippen LogP contribution in [-0.2, 0) is 13.6 Å². The standard InChI is InChI=1S/C9H17N3/c1-6(2)9-7(3)11-12(4)8(9)5-10/h6H,5,10H2,1-4H3. The molecule has 0 saturated heterocycles. The fourth-order valence-corrected chi connectivity index (χ4v) is 1.72. The van der Waals surface area contributed by atoms with Crippen LogP contribution < -0.4 is 5.73 Å². The Kier molecular flexibility index (Phi) is 2.52. The summed E-state index contributed by atoms with van der Waals surface area (Å²) in [6.45, 7) is 6.95. The minimum atomic E-state index is 0.511. The lowest BCUT2D eigenvalue weighted by Gasteiger charge is -2.06. The van der Waals surface area contributed by atoms with Crippen LogP contribution in [0.2, 0.25) is 0 Å². The van der Waals surface area contributed by atoms with Crippen LogP contribution >= 0.6 is 0 Å². The summed E-state index contributed by atoms with van der Waals surface area (Å²) in [5.74, 6) is 0.511. The van der Waals surface area contributed by atoms with E-state index in [9.17, 15) is 0 Å². The Hall–Kier alpha value is -0.830. The monoisotopic (exact) mass is 167 g/mol. The fraction of sp³-hybridized carbons (Fsp3) is 0.667. The third-order valence-corrected chi connectivity index (χ3v) is 2.16. The van der Waals surface area contributed by atoms with E-state index in [0.717, 1.165) is 11.4 Å². The third kappa shape index (κ3) is 1.37. The topological polar surface area (TPSA) is 43.8 Å². The van der Waals surface area contributed by atoms with E-state index < -0.39 is 0 Å². The molecule has 0 aliphatic rings. The summed E-state index contributed by atoms with van der Waals surface area (Å²) in [6.07, 6.45) is 0. The van der Waals surface area contributed by atoms with Crippen molar-refractivity contribution in [2.75, 3.05) is 0 Å². The van der Waals surface area contributed by atoms with Crippen LogP contribution in [0.25, 0.3) is 0 Å². The third-order valence-electron chi connectivity index (χ3n) is 2.16. The van der Waals surface area contributed by atoms with Gasteiger partial charge >= 0.3 is 0 Å². The number of nitrogens with two attached hydrogens (primary N) is 1. The molecule has 0 unspecified atom stereocenters. The van der Waals surface area contributed by atoms with Gasteiger partial charge in [0.05, 0.1) is 11.4 Å². The second kappa shape index (κ2) is 3.27. The van der Waals surface area contributed by atoms with Gasteiger partial charge in [0, 0.05) is 19.2 Å². The molecular weight excluding hydrogens is 150 g/mol. The van der Waals surface area contributed by atoms with Gasteiger partial charge in [0.25, 0.3) is 0 Å². The summed E-state index contributed by atoms with van der Waals surface area (Å²) < 4.78 is 1.88. The van der Waals surface area contributed by atoms with E-state index in [1.54, 1.807) is 0 Å². The summed E-state index contributed by atoms with van der Waals surface area (Å²) in [4.78, 5) is 0. The lowest BCUT2D eigenvalue weighted by atomic mass is 10.0. The molecule has 68 valence electrons. The lowest BCUT2D eigenvalue weighted by molar-refractivity contribution is 0.699. The van der Waals surface area contributed by atoms with Gasteiger partial charge in [-0.15, -0.1) is 0 Å². The van der Waals surface area contributed by atoms with Gasteiger partial charge in [-0.05, 0) is 12.8 Å². The van der Waals surface area contributed by atoms with Crippen LogP contribution in [0.1, 0.15) is 36.7 Å². The van der Waals surface area contributed by atoms with Gasteiger partial charge in [0.1, 0.15) is 0 Å². The first kappa shape index (κ1) is 9.26. The quantitative estimate of drug-likeness (QED) is 0.721. The maximum absolute atomic E-state index is 5.64. The molecule has 3 heteroatoms. The molecule has 0 radical (unpaired) electrons. The molecule has 0 aliphatic heterocycles. The molecule has 0 spiro atoms. The largest absolute Gasteiger partial charge is 0.325 e. The van der Waals surface area contributed by atoms with Gasteiger partial charge in [0.15, 0.2) is 0 Å². The van der Waals surface area contributed by atoms with Crippen molar-refractivity contribution < 1.29 is 0 Å². The minimum Gasteiger partial charge on any atom is -0.325 e. The lowest BCUT2D eigenvalue weighted by Crippen LogP contribution is -2.07. The Labute approximate surface area is 73.6 Å². The van der Waals surface area contributed by atoms with Crippen LogP contribution in [0.15, 0.2) is 0 Å². The number of hydrogen-bond donors (Lipinski definition) is 1. The van der Waals surface area contributed by atoms with Crippen molar-refractivity contribution in [3.63, 3.8) is 0 Å². The van der Waals surface area contributed by atoms with Crippen LogP contribution in [-0.4, -0.2) is 9.78 Å². The summed E-state index contributed by atoms with van der Waals surface area (Å²) in [5.41, 5.74) is 9.21. The van der Waals surface area contributed by atoms with Crippen LogP contribution in [0.3, 0.4) is 0 Å². The van der Waals surface area contributed by atoms with E-state index in [1.807, 2.05) is 18.7 Å². The molecule has 0 aliphatic carbocycles. The molecular formula is C9H17N3. The molecule has 12 heavy (non-hydrogen) atoms. The Morgan fingerprint density at radius 2 is 2.08 bits per heavy atom. The van der Waals surface area contributed by atoms with Crippen molar-refractivity contribution >= 4 is 0 Å². The number of aryl methyl sites for hydroxylation is 2. The van der Waals surface area contributed by atoms with Gasteiger partial charge in [-0.2, -0.15) is 5.10 Å². The predicted octanol–water partition coefficient (Wildman–Crippen LogP) is 1.31. The Bertz CT molecular complexity index is 274. The van der Waals surface area contributed by atoms with Gasteiger partial charge in [-0.3, -0.25) is 4.68 Å². The SMILES string of the molecule is Cc1nn(C)c(CN)c1C(C)C. The Balaban J connectivity index is 3.23. The molecule has 1 aromatic heterocycles. The minimum absolute atomic E-state index is 0.511. The summed E-state index contributed by atoms with van der Waals surface area (Å²) in [6, 6.07) is 0. The first-order chi connectivity index (χ1) is 5.57. The van der Waals surface area contributed by atoms with Crippen LogP contribution in [0, 0.1) is 6.92 Å². The van der Waals surface area contributed by atoms with Gasteiger partial charge in [0.2, 0.25) is 0 Å². The number of rotatable bonds is 2. The second-order valence-electron chi connectivity index (χ2n) is 3.43. The molecule has 2 N–H and O–H groups in total. The maximum atomic E-state index is 5.64. The molecule has 0 bridgehead atoms. The van der Waals surface area contributed by atoms with Crippen molar-refractivity contribution in [1.82, 2.24) is 9.78 Å². The fourth-order valence-electron chi connectivity index (χ4n) is 1.72. The van der Waals surface area contributed by atoms with Gasteiger partial charge < -0.3 is 5.73 Å². The maximum Gasteiger partial charge on any atom is 0.0631 e. The van der Waals surface area contributed by atoms with Crippen molar-refractivity contribution in [3.05, 3.63) is 17.0 Å². The average molecular weight is 167 g/mol. The first-order valence-electron chi connectivity index (χ1n) is 4.30. The normalized spacial score (nSPS) is 11.2. The van der Waals surface area contributed by atoms with Crippen molar-refractivity contribution in [2.24, 2.45) is 12.8 Å². The van der Waals surface area contributed by atoms with E-state index in [0.29, 0.717) is 12.5 Å². The molecule has 0 saturated carbocycles. The molecule has 3 nitrogen and oxygen atoms in total. The van der Waals surface area contributed by atoms with Gasteiger partial charge in [-0.1, -0.05) is 13.8 Å². The summed E-state index contributed by atoms with van der Waals surface area (Å²) in [7, 11) is 1.95. The molecule has 1 heterocycles. The van der Waals surface area contributed by atoms with Crippen molar-refractivity contribution in [2.45, 2.75) is 33.2 Å². The molecule has 1 rings (SSSR count). The Morgan fingerprint density at radius 3 is 2.42 bits per heavy atom. The highest BCUT2D eigenvalue weighted by atomic mass is 15.3. The highest BCUT2D eigenvalue weighted by Gasteiger charge is 2.13. The van der Waals surface area contributed by atoms with Crippen molar-refractivity contribution in [3.8, 4) is 0 Å². The first-order valence-corrected chi connectivity index (χ1v) is 4.30. The Morgan fingerprint density at radius 1 is 1.50 bits per heavy atom. The summed E-state index contributed by atoms with van der Waals surface area (Å²) in [5, 5.41) is 4.34. The van der Waals surface area contributed by atoms with E-state index in [-0.39, 0.29) is 0 Å². The van der Waals surface area contributed by atoms with E-state index in [2.05, 4.69) is 18.9 Å². The number of hydrogen-bond acceptors (Lipinski definition) is 2. The highest BCUT2D eigenvalue weighted by molar-refractivity contribution is 5.28. The predicted molar refractivity (Wildman–Crippen MR) is 49.9 cm³/mol. The second-order valence-corrected chi connectivity index (χ2v) is 3.43. The highest BCUT2D eigenvalue weighted by Crippen LogP contribution is 2.21. The molecule has 0 aromatic carbocycles. The van der Waals surface area contributed by atoms with Crippen molar-refractivity contribution in [1.29, 1.82) is 0 Å². The molecule has 1 aromatic rings. The molecule has 0 atom stereocenters. The zero-order valence-electron chi connectivity index (χ0n) is 8.26. The van der Waals surface area contributed by atoms with Crippen LogP contribution in [0.4, 0.5) is 0 Å². The molecule has 0 fully saturated rings. The van der Waals surface area contributed by atoms with E-state index >= 15 is 0 Å². The van der Waals surface area contributed by atoms with E-state index in [4.69, 9.17) is 5.73 Å². The zero-order valence-corrected chi connectivity index (χ0v) is 8.26. The number of nitrogens with zero attached hydrogens (tertiary/aromatic N) is 2. The summed E-state index contributed by atoms with van der Waals surface area (Å²) >= 11 is 0. The van der Waals surface area contributed by atoms with Crippen LogP contribution in [0.5, 0.6) is 0 Å². The van der Waals surface area contributed by atoms with Gasteiger partial charge in [-0.25, -0.2) is 0 Å². The molecule has 0 amide bonds.